The summed E-state index contributed by atoms with van der Waals surface area (Å²) in [7, 11) is 1.23. The van der Waals surface area contributed by atoms with Crippen LogP contribution in [0.2, 0.25) is 0 Å². The number of hydrogen-bond acceptors (Lipinski definition) is 5. The van der Waals surface area contributed by atoms with Crippen LogP contribution in [0, 0.1) is 0 Å². The molecule has 2 aliphatic rings. The van der Waals surface area contributed by atoms with E-state index in [1.54, 1.807) is 24.3 Å². The van der Waals surface area contributed by atoms with Gasteiger partial charge in [-0.3, -0.25) is 9.59 Å². The van der Waals surface area contributed by atoms with Crippen LogP contribution in [0.3, 0.4) is 0 Å². The van der Waals surface area contributed by atoms with Crippen molar-refractivity contribution in [2.45, 2.75) is 12.0 Å². The second kappa shape index (κ2) is 4.49. The number of nitrogens with two attached hydrogens (primary N) is 1. The lowest BCUT2D eigenvalue weighted by molar-refractivity contribution is -0.145. The molecule has 5 heteroatoms. The van der Waals surface area contributed by atoms with Gasteiger partial charge < -0.3 is 10.5 Å². The molecule has 5 nitrogen and oxygen atoms in total. The number of ether oxygens (including phenoxy) is 1. The maximum atomic E-state index is 12.5. The Kier molecular flexibility index (Phi) is 2.88. The predicted molar refractivity (Wildman–Crippen MR) is 74.8 cm³/mol. The lowest BCUT2D eigenvalue weighted by Crippen LogP contribution is -2.49. The van der Waals surface area contributed by atoms with Gasteiger partial charge in [0.1, 0.15) is 5.54 Å². The van der Waals surface area contributed by atoms with Crippen molar-refractivity contribution in [2.24, 2.45) is 5.73 Å². The van der Waals surface area contributed by atoms with E-state index in [0.717, 1.165) is 0 Å². The number of hydrogen-bond donors (Lipinski definition) is 1. The van der Waals surface area contributed by atoms with Crippen molar-refractivity contribution >= 4 is 17.5 Å². The van der Waals surface area contributed by atoms with Crippen molar-refractivity contribution in [2.75, 3.05) is 7.11 Å². The average Bonchev–Trinajstić information content (AvgIpc) is 2.51. The minimum Gasteiger partial charge on any atom is -0.467 e. The molecule has 3 rings (SSSR count). The molecule has 2 N–H and O–H groups in total. The lowest BCUT2D eigenvalue weighted by Gasteiger charge is -2.30. The first-order valence-corrected chi connectivity index (χ1v) is 6.46. The van der Waals surface area contributed by atoms with E-state index in [9.17, 15) is 14.4 Å². The first-order chi connectivity index (χ1) is 9.98. The molecule has 0 saturated heterocycles. The average molecular weight is 283 g/mol. The normalized spacial score (nSPS) is 23.7. The number of methoxy groups -OCH3 is 1. The summed E-state index contributed by atoms with van der Waals surface area (Å²) >= 11 is 0. The van der Waals surface area contributed by atoms with Crippen molar-refractivity contribution in [3.63, 3.8) is 0 Å². The molecule has 1 unspecified atom stereocenters. The third-order valence-electron chi connectivity index (χ3n) is 3.84. The summed E-state index contributed by atoms with van der Waals surface area (Å²) in [4.78, 5) is 36.8. The van der Waals surface area contributed by atoms with Crippen LogP contribution in [-0.2, 0) is 9.53 Å². The van der Waals surface area contributed by atoms with Crippen molar-refractivity contribution in [1.82, 2.24) is 0 Å². The fraction of sp³-hybridized carbons (Fsp3) is 0.188. The fourth-order valence-electron chi connectivity index (χ4n) is 2.71. The first kappa shape index (κ1) is 13.5. The van der Waals surface area contributed by atoms with Gasteiger partial charge in [0, 0.05) is 28.7 Å². The minimum atomic E-state index is -1.41. The molecule has 0 bridgehead atoms. The number of ketones is 2. The number of benzene rings is 1. The van der Waals surface area contributed by atoms with Crippen LogP contribution < -0.4 is 5.73 Å². The molecule has 0 spiro atoms. The maximum Gasteiger partial charge on any atom is 0.330 e. The summed E-state index contributed by atoms with van der Waals surface area (Å²) in [5.74, 6) is -1.11. The van der Waals surface area contributed by atoms with Crippen LogP contribution >= 0.6 is 0 Å². The fourth-order valence-corrected chi connectivity index (χ4v) is 2.71. The Morgan fingerprint density at radius 2 is 1.81 bits per heavy atom. The molecule has 1 aromatic carbocycles. The molecule has 0 fully saturated rings. The van der Waals surface area contributed by atoms with Crippen LogP contribution in [0.5, 0.6) is 0 Å². The van der Waals surface area contributed by atoms with Crippen molar-refractivity contribution < 1.29 is 19.1 Å². The Labute approximate surface area is 121 Å². The zero-order valence-electron chi connectivity index (χ0n) is 11.4. The second-order valence-electron chi connectivity index (χ2n) is 5.14. The number of esters is 1. The lowest BCUT2D eigenvalue weighted by atomic mass is 9.75. The molecular weight excluding hydrogens is 270 g/mol. The topological polar surface area (TPSA) is 86.5 Å². The minimum absolute atomic E-state index is 0.0373. The smallest absolute Gasteiger partial charge is 0.330 e. The summed E-state index contributed by atoms with van der Waals surface area (Å²) in [6, 6.07) is 6.64. The summed E-state index contributed by atoms with van der Waals surface area (Å²) in [6.07, 6.45) is 2.84. The molecule has 2 aliphatic carbocycles. The van der Waals surface area contributed by atoms with Gasteiger partial charge in [-0.2, -0.15) is 0 Å². The Bertz CT molecular complexity index is 744. The number of allylic oxidation sites excluding steroid dienone is 2. The van der Waals surface area contributed by atoms with Gasteiger partial charge in [0.05, 0.1) is 7.11 Å². The van der Waals surface area contributed by atoms with Crippen molar-refractivity contribution in [3.05, 3.63) is 58.7 Å². The molecular formula is C16H13NO4. The van der Waals surface area contributed by atoms with E-state index in [1.165, 1.54) is 19.3 Å². The molecule has 0 aliphatic heterocycles. The highest BCUT2D eigenvalue weighted by Gasteiger charge is 2.42. The molecule has 0 radical (unpaired) electrons. The van der Waals surface area contributed by atoms with Crippen molar-refractivity contribution in [3.8, 4) is 0 Å². The number of carbonyl (C=O) groups is 3. The van der Waals surface area contributed by atoms with Gasteiger partial charge in [0.15, 0.2) is 11.6 Å². The summed E-state index contributed by atoms with van der Waals surface area (Å²) in [6.45, 7) is 0. The summed E-state index contributed by atoms with van der Waals surface area (Å²) in [5.41, 5.74) is 5.90. The van der Waals surface area contributed by atoms with Crippen LogP contribution in [-0.4, -0.2) is 30.2 Å². The quantitative estimate of drug-likeness (QED) is 0.782. The van der Waals surface area contributed by atoms with Crippen molar-refractivity contribution in [1.29, 1.82) is 0 Å². The van der Waals surface area contributed by atoms with Crippen LogP contribution in [0.4, 0.5) is 0 Å². The molecule has 21 heavy (non-hydrogen) atoms. The molecule has 1 aromatic rings. The van der Waals surface area contributed by atoms with Gasteiger partial charge in [-0.15, -0.1) is 0 Å². The Hall–Kier alpha value is -2.53. The van der Waals surface area contributed by atoms with Crippen LogP contribution in [0.15, 0.2) is 47.6 Å². The monoisotopic (exact) mass is 283 g/mol. The predicted octanol–water partition coefficient (Wildman–Crippen LogP) is 1.19. The van der Waals surface area contributed by atoms with E-state index in [2.05, 4.69) is 4.74 Å². The molecule has 0 heterocycles. The van der Waals surface area contributed by atoms with E-state index in [1.807, 2.05) is 0 Å². The Morgan fingerprint density at radius 1 is 1.19 bits per heavy atom. The van der Waals surface area contributed by atoms with Gasteiger partial charge in [0.2, 0.25) is 0 Å². The Balaban J connectivity index is 2.10. The van der Waals surface area contributed by atoms with Gasteiger partial charge >= 0.3 is 5.97 Å². The maximum absolute atomic E-state index is 12.5. The molecule has 0 amide bonds. The number of rotatable bonds is 1. The zero-order chi connectivity index (χ0) is 15.2. The van der Waals surface area contributed by atoms with Crippen LogP contribution in [0.25, 0.3) is 0 Å². The van der Waals surface area contributed by atoms with E-state index < -0.39 is 11.5 Å². The highest BCUT2D eigenvalue weighted by molar-refractivity contribution is 6.28. The standard InChI is InChI=1S/C16H13NO4/c1-21-15(20)16(17)7-6-11-12(8-16)14(19)10-5-3-2-4-9(10)13(11)18/h2-7H,8,17H2,1H3. The SMILES string of the molecule is COC(=O)C1(N)C=CC2=C(C1)C(=O)c1ccccc1C2=O. The van der Waals surface area contributed by atoms with Gasteiger partial charge in [-0.1, -0.05) is 36.4 Å². The van der Waals surface area contributed by atoms with Gasteiger partial charge in [-0.25, -0.2) is 4.79 Å². The van der Waals surface area contributed by atoms with E-state index in [0.29, 0.717) is 16.7 Å². The van der Waals surface area contributed by atoms with Gasteiger partial charge in [0.25, 0.3) is 0 Å². The second-order valence-corrected chi connectivity index (χ2v) is 5.14. The van der Waals surface area contributed by atoms with E-state index in [4.69, 9.17) is 5.73 Å². The molecule has 0 saturated carbocycles. The molecule has 106 valence electrons. The summed E-state index contributed by atoms with van der Waals surface area (Å²) in [5, 5.41) is 0. The number of carbonyl (C=O) groups excluding carboxylic acids is 3. The largest absolute Gasteiger partial charge is 0.467 e. The Morgan fingerprint density at radius 3 is 2.43 bits per heavy atom. The van der Waals surface area contributed by atoms with Gasteiger partial charge in [-0.05, 0) is 0 Å². The molecule has 0 aromatic heterocycles. The highest BCUT2D eigenvalue weighted by Crippen LogP contribution is 2.35. The number of Topliss-reactive ketones (excluding diaryl/α,β-unsaturated/α-hetero) is 2. The number of fused-ring (bicyclic) bond motifs is 1. The third kappa shape index (κ3) is 1.86. The van der Waals surface area contributed by atoms with E-state index >= 15 is 0 Å². The van der Waals surface area contributed by atoms with Crippen LogP contribution in [0.1, 0.15) is 27.1 Å². The molecule has 1 atom stereocenters. The highest BCUT2D eigenvalue weighted by atomic mass is 16.5. The summed E-state index contributed by atoms with van der Waals surface area (Å²) < 4.78 is 4.67. The third-order valence-corrected chi connectivity index (χ3v) is 3.84. The van der Waals surface area contributed by atoms with E-state index in [-0.39, 0.29) is 23.6 Å². The zero-order valence-corrected chi connectivity index (χ0v) is 11.4. The first-order valence-electron chi connectivity index (χ1n) is 6.46.